The largest absolute Gasteiger partial charge is 0.480 e. The quantitative estimate of drug-likeness (QED) is 0.641. The molecule has 3 N–H and O–H groups in total. The third-order valence-electron chi connectivity index (χ3n) is 2.57. The lowest BCUT2D eigenvalue weighted by molar-refractivity contribution is -0.140. The Morgan fingerprint density at radius 3 is 2.42 bits per heavy atom. The van der Waals surface area contributed by atoms with Crippen molar-refractivity contribution in [3.63, 3.8) is 0 Å². The van der Waals surface area contributed by atoms with E-state index in [9.17, 15) is 19.2 Å². The summed E-state index contributed by atoms with van der Waals surface area (Å²) in [6, 6.07) is -1.11. The van der Waals surface area contributed by atoms with E-state index in [1.54, 1.807) is 13.8 Å². The maximum Gasteiger partial charge on any atom is 0.328 e. The number of carbonyl (C=O) groups is 2. The van der Waals surface area contributed by atoms with Gasteiger partial charge in [0.2, 0.25) is 0 Å². The molecule has 0 aliphatic rings. The smallest absolute Gasteiger partial charge is 0.328 e. The van der Waals surface area contributed by atoms with Gasteiger partial charge in [0, 0.05) is 13.2 Å². The summed E-state index contributed by atoms with van der Waals surface area (Å²) in [6.07, 6.45) is 1.07. The van der Waals surface area contributed by atoms with Crippen molar-refractivity contribution in [2.45, 2.75) is 19.9 Å². The molecule has 8 nitrogen and oxygen atoms in total. The number of aromatic amines is 1. The molecule has 104 valence electrons. The van der Waals surface area contributed by atoms with Crippen molar-refractivity contribution < 1.29 is 14.7 Å². The van der Waals surface area contributed by atoms with Gasteiger partial charge in [-0.25, -0.2) is 9.59 Å². The van der Waals surface area contributed by atoms with Gasteiger partial charge in [-0.1, -0.05) is 13.8 Å². The average molecular weight is 269 g/mol. The van der Waals surface area contributed by atoms with Crippen LogP contribution in [0.25, 0.3) is 0 Å². The molecule has 19 heavy (non-hydrogen) atoms. The highest BCUT2D eigenvalue weighted by Crippen LogP contribution is 2.02. The van der Waals surface area contributed by atoms with Gasteiger partial charge in [0.25, 0.3) is 11.5 Å². The molecule has 0 aliphatic carbocycles. The summed E-state index contributed by atoms with van der Waals surface area (Å²) < 4.78 is 1.03. The van der Waals surface area contributed by atoms with Gasteiger partial charge in [-0.05, 0) is 5.92 Å². The Morgan fingerprint density at radius 1 is 1.37 bits per heavy atom. The number of hydrogen-bond acceptors (Lipinski definition) is 4. The van der Waals surface area contributed by atoms with Crippen LogP contribution in [0, 0.1) is 5.92 Å². The average Bonchev–Trinajstić information content (AvgIpc) is 2.29. The monoisotopic (exact) mass is 269 g/mol. The first-order valence-electron chi connectivity index (χ1n) is 5.57. The van der Waals surface area contributed by atoms with Crippen LogP contribution in [-0.2, 0) is 11.8 Å². The number of carbonyl (C=O) groups excluding carboxylic acids is 1. The molecule has 0 saturated heterocycles. The van der Waals surface area contributed by atoms with Crippen LogP contribution in [0.5, 0.6) is 0 Å². The lowest BCUT2D eigenvalue weighted by Gasteiger charge is -2.17. The topological polar surface area (TPSA) is 121 Å². The molecule has 0 unspecified atom stereocenters. The molecule has 1 rings (SSSR count). The van der Waals surface area contributed by atoms with Crippen molar-refractivity contribution >= 4 is 11.9 Å². The third kappa shape index (κ3) is 3.30. The van der Waals surface area contributed by atoms with Gasteiger partial charge < -0.3 is 15.0 Å². The van der Waals surface area contributed by atoms with Gasteiger partial charge in [0.1, 0.15) is 11.6 Å². The minimum atomic E-state index is -1.19. The SMILES string of the molecule is CC(C)[C@@H](NC(=O)c1cn(C)c(=O)[nH]c1=O)C(=O)O. The lowest BCUT2D eigenvalue weighted by atomic mass is 10.0. The highest BCUT2D eigenvalue weighted by molar-refractivity contribution is 5.96. The summed E-state index contributed by atoms with van der Waals surface area (Å²) in [5.41, 5.74) is -1.82. The van der Waals surface area contributed by atoms with Gasteiger partial charge in [0.15, 0.2) is 0 Å². The molecular formula is C11H15N3O5. The lowest BCUT2D eigenvalue weighted by Crippen LogP contribution is -2.46. The zero-order valence-electron chi connectivity index (χ0n) is 10.8. The third-order valence-corrected chi connectivity index (χ3v) is 2.57. The number of H-pyrrole nitrogens is 1. The second-order valence-electron chi connectivity index (χ2n) is 4.45. The van der Waals surface area contributed by atoms with Gasteiger partial charge in [-0.2, -0.15) is 0 Å². The fourth-order valence-electron chi connectivity index (χ4n) is 1.46. The van der Waals surface area contributed by atoms with E-state index in [1.165, 1.54) is 7.05 Å². The maximum atomic E-state index is 11.8. The van der Waals surface area contributed by atoms with Crippen molar-refractivity contribution in [1.82, 2.24) is 14.9 Å². The number of rotatable bonds is 4. The Labute approximate surface area is 108 Å². The van der Waals surface area contributed by atoms with Crippen molar-refractivity contribution in [3.05, 3.63) is 32.6 Å². The van der Waals surface area contributed by atoms with E-state index < -0.39 is 29.2 Å². The molecule has 0 aliphatic heterocycles. The first-order valence-corrected chi connectivity index (χ1v) is 5.57. The van der Waals surface area contributed by atoms with E-state index >= 15 is 0 Å². The summed E-state index contributed by atoms with van der Waals surface area (Å²) >= 11 is 0. The summed E-state index contributed by atoms with van der Waals surface area (Å²) in [7, 11) is 1.37. The number of aromatic nitrogens is 2. The van der Waals surface area contributed by atoms with Gasteiger partial charge >= 0.3 is 11.7 Å². The van der Waals surface area contributed by atoms with Crippen LogP contribution in [0.3, 0.4) is 0 Å². The first kappa shape index (κ1) is 14.7. The number of aryl methyl sites for hydroxylation is 1. The molecule has 0 fully saturated rings. The van der Waals surface area contributed by atoms with E-state index in [-0.39, 0.29) is 11.5 Å². The van der Waals surface area contributed by atoms with Crippen LogP contribution < -0.4 is 16.6 Å². The van der Waals surface area contributed by atoms with Gasteiger partial charge in [-0.3, -0.25) is 14.6 Å². The number of hydrogen-bond donors (Lipinski definition) is 3. The van der Waals surface area contributed by atoms with E-state index in [2.05, 4.69) is 5.32 Å². The van der Waals surface area contributed by atoms with Gasteiger partial charge in [-0.15, -0.1) is 0 Å². The molecule has 1 aromatic rings. The zero-order chi connectivity index (χ0) is 14.7. The minimum absolute atomic E-state index is 0.311. The molecule has 0 radical (unpaired) electrons. The molecule has 1 amide bonds. The normalized spacial score (nSPS) is 12.2. The van der Waals surface area contributed by atoms with E-state index in [0.717, 1.165) is 10.8 Å². The fraction of sp³-hybridized carbons (Fsp3) is 0.455. The summed E-state index contributed by atoms with van der Waals surface area (Å²) in [4.78, 5) is 47.4. The molecule has 1 heterocycles. The predicted molar refractivity (Wildman–Crippen MR) is 66.0 cm³/mol. The maximum absolute atomic E-state index is 11.8. The van der Waals surface area contributed by atoms with Crippen molar-refractivity contribution in [1.29, 1.82) is 0 Å². The Hall–Kier alpha value is -2.38. The van der Waals surface area contributed by atoms with Crippen LogP contribution in [0.4, 0.5) is 0 Å². The zero-order valence-corrected chi connectivity index (χ0v) is 10.8. The standard InChI is InChI=1S/C11H15N3O5/c1-5(2)7(10(17)18)12-8(15)6-4-14(3)11(19)13-9(6)16/h4-5,7H,1-3H3,(H,12,15)(H,17,18)(H,13,16,19)/t7-/m1/s1. The Bertz CT molecular complexity index is 613. The molecule has 1 aromatic heterocycles. The number of carboxylic acids is 1. The van der Waals surface area contributed by atoms with Crippen LogP contribution in [0.1, 0.15) is 24.2 Å². The number of amides is 1. The van der Waals surface area contributed by atoms with Crippen LogP contribution in [0.2, 0.25) is 0 Å². The van der Waals surface area contributed by atoms with E-state index in [1.807, 2.05) is 4.98 Å². The van der Waals surface area contributed by atoms with E-state index in [4.69, 9.17) is 5.11 Å². The van der Waals surface area contributed by atoms with Crippen LogP contribution in [-0.4, -0.2) is 32.6 Å². The second kappa shape index (κ2) is 5.51. The van der Waals surface area contributed by atoms with Gasteiger partial charge in [0.05, 0.1) is 0 Å². The first-order chi connectivity index (χ1) is 8.73. The van der Waals surface area contributed by atoms with E-state index in [0.29, 0.717) is 0 Å². The molecular weight excluding hydrogens is 254 g/mol. The number of nitrogens with zero attached hydrogens (tertiary/aromatic N) is 1. The second-order valence-corrected chi connectivity index (χ2v) is 4.45. The van der Waals surface area contributed by atoms with Crippen molar-refractivity contribution in [2.75, 3.05) is 0 Å². The molecule has 0 saturated carbocycles. The molecule has 0 spiro atoms. The number of carboxylic acid groups (broad SMARTS) is 1. The van der Waals surface area contributed by atoms with Crippen molar-refractivity contribution in [2.24, 2.45) is 13.0 Å². The number of aliphatic carboxylic acids is 1. The highest BCUT2D eigenvalue weighted by atomic mass is 16.4. The summed E-state index contributed by atoms with van der Waals surface area (Å²) in [6.45, 7) is 3.26. The molecule has 1 atom stereocenters. The molecule has 0 bridgehead atoms. The molecule has 0 aromatic carbocycles. The molecule has 8 heteroatoms. The Kier molecular flexibility index (Phi) is 4.26. The number of nitrogens with one attached hydrogen (secondary N) is 2. The highest BCUT2D eigenvalue weighted by Gasteiger charge is 2.25. The summed E-state index contributed by atoms with van der Waals surface area (Å²) in [5.74, 6) is -2.37. The Morgan fingerprint density at radius 2 is 1.95 bits per heavy atom. The van der Waals surface area contributed by atoms with Crippen LogP contribution in [0.15, 0.2) is 15.8 Å². The Balaban J connectivity index is 3.08. The predicted octanol–water partition coefficient (Wildman–Crippen LogP) is -1.09. The minimum Gasteiger partial charge on any atom is -0.480 e. The summed E-state index contributed by atoms with van der Waals surface area (Å²) in [5, 5.41) is 11.2. The van der Waals surface area contributed by atoms with Crippen molar-refractivity contribution in [3.8, 4) is 0 Å². The van der Waals surface area contributed by atoms with Crippen LogP contribution >= 0.6 is 0 Å². The fourth-order valence-corrected chi connectivity index (χ4v) is 1.46.